The molecule has 3 rings (SSSR count). The van der Waals surface area contributed by atoms with E-state index in [0.717, 1.165) is 59.2 Å². The van der Waals surface area contributed by atoms with Gasteiger partial charge in [0.1, 0.15) is 5.82 Å². The van der Waals surface area contributed by atoms with Gasteiger partial charge in [0, 0.05) is 36.0 Å². The summed E-state index contributed by atoms with van der Waals surface area (Å²) in [5.74, 6) is 0.936. The number of rotatable bonds is 6. The highest BCUT2D eigenvalue weighted by Gasteiger charge is 2.11. The van der Waals surface area contributed by atoms with Crippen molar-refractivity contribution in [2.75, 3.05) is 25.0 Å². The van der Waals surface area contributed by atoms with Crippen molar-refractivity contribution in [1.82, 2.24) is 20.3 Å². The van der Waals surface area contributed by atoms with Crippen LogP contribution in [0.5, 0.6) is 0 Å². The van der Waals surface area contributed by atoms with Crippen molar-refractivity contribution in [3.63, 3.8) is 0 Å². The van der Waals surface area contributed by atoms with Crippen LogP contribution in [-0.4, -0.2) is 34.6 Å². The van der Waals surface area contributed by atoms with Gasteiger partial charge >= 0.3 is 0 Å². The zero-order chi connectivity index (χ0) is 14.7. The molecule has 0 aliphatic carbocycles. The second kappa shape index (κ2) is 6.10. The number of fused-ring (bicyclic) bond motifs is 3. The van der Waals surface area contributed by atoms with Crippen LogP contribution in [0.3, 0.4) is 0 Å². The van der Waals surface area contributed by atoms with Crippen LogP contribution in [0.15, 0.2) is 24.7 Å². The molecule has 0 aliphatic rings. The van der Waals surface area contributed by atoms with Crippen LogP contribution >= 0.6 is 0 Å². The van der Waals surface area contributed by atoms with E-state index < -0.39 is 0 Å². The molecule has 21 heavy (non-hydrogen) atoms. The number of hydrogen-bond acceptors (Lipinski definition) is 4. The van der Waals surface area contributed by atoms with Crippen LogP contribution in [0.25, 0.3) is 21.8 Å². The Morgan fingerprint density at radius 1 is 1.24 bits per heavy atom. The third-order valence-electron chi connectivity index (χ3n) is 3.69. The Bertz CT molecular complexity index is 747. The number of H-pyrrole nitrogens is 1. The monoisotopic (exact) mass is 283 g/mol. The largest absolute Gasteiger partial charge is 0.369 e. The highest BCUT2D eigenvalue weighted by atomic mass is 15.0. The number of aromatic amines is 1. The molecule has 3 heterocycles. The minimum absolute atomic E-state index is 0.908. The Labute approximate surface area is 124 Å². The predicted octanol–water partition coefficient (Wildman–Crippen LogP) is 2.83. The summed E-state index contributed by atoms with van der Waals surface area (Å²) < 4.78 is 0. The van der Waals surface area contributed by atoms with Crippen LogP contribution in [0.4, 0.5) is 5.82 Å². The molecule has 3 aromatic heterocycles. The fourth-order valence-corrected chi connectivity index (χ4v) is 2.60. The molecule has 5 heteroatoms. The summed E-state index contributed by atoms with van der Waals surface area (Å²) in [4.78, 5) is 12.3. The molecule has 0 saturated heterocycles. The first-order valence-corrected chi connectivity index (χ1v) is 7.47. The standard InChI is InChI=1S/C16H21N5/c1-3-17-6-4-7-19-16-14-12-10-18-8-5-13(12)21-15(14)11(2)9-20-16/h5,8-10,17,21H,3-4,6-7H2,1-2H3,(H,19,20). The van der Waals surface area contributed by atoms with Gasteiger partial charge in [0.25, 0.3) is 0 Å². The minimum atomic E-state index is 0.908. The number of aromatic nitrogens is 3. The van der Waals surface area contributed by atoms with Gasteiger partial charge in [-0.15, -0.1) is 0 Å². The molecule has 3 N–H and O–H groups in total. The van der Waals surface area contributed by atoms with Crippen LogP contribution in [0, 0.1) is 6.92 Å². The molecule has 5 nitrogen and oxygen atoms in total. The van der Waals surface area contributed by atoms with Gasteiger partial charge in [-0.2, -0.15) is 0 Å². The van der Waals surface area contributed by atoms with Gasteiger partial charge in [0.15, 0.2) is 0 Å². The topological polar surface area (TPSA) is 65.6 Å². The number of pyridine rings is 2. The molecule has 0 spiro atoms. The normalized spacial score (nSPS) is 11.3. The first-order chi connectivity index (χ1) is 10.3. The fourth-order valence-electron chi connectivity index (χ4n) is 2.60. The van der Waals surface area contributed by atoms with Crippen LogP contribution in [0.1, 0.15) is 18.9 Å². The molecule has 0 radical (unpaired) electrons. The van der Waals surface area contributed by atoms with Gasteiger partial charge in [0.2, 0.25) is 0 Å². The molecular weight excluding hydrogens is 262 g/mol. The first-order valence-electron chi connectivity index (χ1n) is 7.47. The molecule has 0 bridgehead atoms. The van der Waals surface area contributed by atoms with E-state index in [0.29, 0.717) is 0 Å². The Morgan fingerprint density at radius 3 is 3.00 bits per heavy atom. The third kappa shape index (κ3) is 2.69. The average molecular weight is 283 g/mol. The Balaban J connectivity index is 1.93. The van der Waals surface area contributed by atoms with Crippen molar-refractivity contribution in [3.8, 4) is 0 Å². The van der Waals surface area contributed by atoms with Crippen molar-refractivity contribution in [2.45, 2.75) is 20.3 Å². The summed E-state index contributed by atoms with van der Waals surface area (Å²) in [6, 6.07) is 2.00. The Kier molecular flexibility index (Phi) is 4.01. The Morgan fingerprint density at radius 2 is 2.14 bits per heavy atom. The zero-order valence-corrected chi connectivity index (χ0v) is 12.5. The Hall–Kier alpha value is -2.14. The van der Waals surface area contributed by atoms with E-state index in [1.54, 1.807) is 0 Å². The van der Waals surface area contributed by atoms with Crippen LogP contribution < -0.4 is 10.6 Å². The lowest BCUT2D eigenvalue weighted by Crippen LogP contribution is -2.17. The van der Waals surface area contributed by atoms with E-state index in [-0.39, 0.29) is 0 Å². The number of nitrogens with zero attached hydrogens (tertiary/aromatic N) is 2. The van der Waals surface area contributed by atoms with E-state index in [9.17, 15) is 0 Å². The summed E-state index contributed by atoms with van der Waals surface area (Å²) in [5, 5.41) is 9.05. The van der Waals surface area contributed by atoms with Crippen molar-refractivity contribution in [3.05, 3.63) is 30.2 Å². The lowest BCUT2D eigenvalue weighted by atomic mass is 10.1. The van der Waals surface area contributed by atoms with Gasteiger partial charge < -0.3 is 15.6 Å². The second-order valence-electron chi connectivity index (χ2n) is 5.22. The summed E-state index contributed by atoms with van der Waals surface area (Å²) in [6.07, 6.45) is 6.70. The second-order valence-corrected chi connectivity index (χ2v) is 5.22. The van der Waals surface area contributed by atoms with Gasteiger partial charge in [0.05, 0.1) is 10.9 Å². The van der Waals surface area contributed by atoms with Crippen molar-refractivity contribution in [1.29, 1.82) is 0 Å². The summed E-state index contributed by atoms with van der Waals surface area (Å²) in [5.41, 5.74) is 3.40. The van der Waals surface area contributed by atoms with Crippen molar-refractivity contribution < 1.29 is 0 Å². The summed E-state index contributed by atoms with van der Waals surface area (Å²) >= 11 is 0. The van der Waals surface area contributed by atoms with Gasteiger partial charge in [-0.05, 0) is 38.1 Å². The number of nitrogens with one attached hydrogen (secondary N) is 3. The van der Waals surface area contributed by atoms with E-state index in [1.165, 1.54) is 0 Å². The average Bonchev–Trinajstić information content (AvgIpc) is 2.90. The van der Waals surface area contributed by atoms with Gasteiger partial charge in [-0.25, -0.2) is 4.98 Å². The molecule has 0 saturated carbocycles. The lowest BCUT2D eigenvalue weighted by Gasteiger charge is -2.08. The maximum atomic E-state index is 4.57. The lowest BCUT2D eigenvalue weighted by molar-refractivity contribution is 0.688. The summed E-state index contributed by atoms with van der Waals surface area (Å²) in [6.45, 7) is 7.14. The van der Waals surface area contributed by atoms with Gasteiger partial charge in [-0.1, -0.05) is 6.92 Å². The van der Waals surface area contributed by atoms with Crippen LogP contribution in [-0.2, 0) is 0 Å². The highest BCUT2D eigenvalue weighted by Crippen LogP contribution is 2.31. The fraction of sp³-hybridized carbons (Fsp3) is 0.375. The molecule has 3 aromatic rings. The molecule has 0 unspecified atom stereocenters. The molecule has 0 aliphatic heterocycles. The first kappa shape index (κ1) is 13.8. The van der Waals surface area contributed by atoms with E-state index >= 15 is 0 Å². The molecule has 110 valence electrons. The smallest absolute Gasteiger partial charge is 0.136 e. The molecule has 0 aromatic carbocycles. The van der Waals surface area contributed by atoms with Crippen molar-refractivity contribution >= 4 is 27.6 Å². The number of aryl methyl sites for hydroxylation is 1. The maximum Gasteiger partial charge on any atom is 0.136 e. The maximum absolute atomic E-state index is 4.57. The number of anilines is 1. The van der Waals surface area contributed by atoms with E-state index in [1.807, 2.05) is 24.7 Å². The van der Waals surface area contributed by atoms with E-state index in [4.69, 9.17) is 0 Å². The van der Waals surface area contributed by atoms with Crippen LogP contribution in [0.2, 0.25) is 0 Å². The SMILES string of the molecule is CCNCCCNc1ncc(C)c2[nH]c3ccncc3c12. The van der Waals surface area contributed by atoms with E-state index in [2.05, 4.69) is 39.4 Å². The van der Waals surface area contributed by atoms with Gasteiger partial charge in [-0.3, -0.25) is 4.98 Å². The molecular formula is C16H21N5. The zero-order valence-electron chi connectivity index (χ0n) is 12.5. The molecule has 0 atom stereocenters. The highest BCUT2D eigenvalue weighted by molar-refractivity contribution is 6.12. The molecule has 0 amide bonds. The quantitative estimate of drug-likeness (QED) is 0.609. The summed E-state index contributed by atoms with van der Waals surface area (Å²) in [7, 11) is 0. The van der Waals surface area contributed by atoms with Crippen molar-refractivity contribution in [2.24, 2.45) is 0 Å². The minimum Gasteiger partial charge on any atom is -0.369 e. The number of hydrogen-bond donors (Lipinski definition) is 3. The predicted molar refractivity (Wildman–Crippen MR) is 87.8 cm³/mol. The molecule has 0 fully saturated rings. The third-order valence-corrected chi connectivity index (χ3v) is 3.69.